The van der Waals surface area contributed by atoms with E-state index < -0.39 is 4.92 Å². The number of nitrogen functional groups attached to an aromatic ring is 1. The summed E-state index contributed by atoms with van der Waals surface area (Å²) in [5, 5.41) is 11.4. The molecular weight excluding hydrogens is 292 g/mol. The lowest BCUT2D eigenvalue weighted by atomic mass is 10.1. The zero-order valence-electron chi connectivity index (χ0n) is 11.7. The summed E-state index contributed by atoms with van der Waals surface area (Å²) in [6, 6.07) is 4.30. The minimum Gasteiger partial charge on any atom is -0.337 e. The van der Waals surface area contributed by atoms with Gasteiger partial charge in [-0.05, 0) is 18.6 Å². The number of carbonyl (C=O) groups is 1. The molecule has 0 spiro atoms. The summed E-state index contributed by atoms with van der Waals surface area (Å²) in [5.74, 6) is 5.97. The SMILES string of the molecule is CCC1CN(C(=O)c2ccc(NN)c([N+](=O)[O-])c2)CCS1. The fourth-order valence-electron chi connectivity index (χ4n) is 2.27. The maximum Gasteiger partial charge on any atom is 0.294 e. The molecule has 7 nitrogen and oxygen atoms in total. The number of nitrogens with two attached hydrogens (primary N) is 1. The van der Waals surface area contributed by atoms with E-state index in [4.69, 9.17) is 5.84 Å². The standard InChI is InChI=1S/C13H18N4O3S/c1-2-10-8-16(5-6-21-10)13(18)9-3-4-11(15-14)12(7-9)17(19)20/h3-4,7,10,15H,2,5-6,8,14H2,1H3. The number of amides is 1. The number of nitro groups is 1. The third-order valence-electron chi connectivity index (χ3n) is 3.48. The summed E-state index contributed by atoms with van der Waals surface area (Å²) in [5.41, 5.74) is 2.59. The molecule has 114 valence electrons. The minimum absolute atomic E-state index is 0.166. The molecule has 1 amide bonds. The Morgan fingerprint density at radius 3 is 3.00 bits per heavy atom. The van der Waals surface area contributed by atoms with Crippen molar-refractivity contribution in [2.45, 2.75) is 18.6 Å². The Morgan fingerprint density at radius 1 is 1.62 bits per heavy atom. The van der Waals surface area contributed by atoms with Crippen LogP contribution in [0.5, 0.6) is 0 Å². The van der Waals surface area contributed by atoms with Crippen LogP contribution in [-0.2, 0) is 0 Å². The number of nitro benzene ring substituents is 1. The lowest BCUT2D eigenvalue weighted by Gasteiger charge is -2.32. The molecule has 1 saturated heterocycles. The van der Waals surface area contributed by atoms with Crippen molar-refractivity contribution in [3.8, 4) is 0 Å². The van der Waals surface area contributed by atoms with Gasteiger partial charge in [0.1, 0.15) is 5.69 Å². The topological polar surface area (TPSA) is 102 Å². The molecule has 1 fully saturated rings. The third kappa shape index (κ3) is 3.45. The fourth-order valence-corrected chi connectivity index (χ4v) is 3.45. The van der Waals surface area contributed by atoms with E-state index in [9.17, 15) is 14.9 Å². The van der Waals surface area contributed by atoms with Gasteiger partial charge in [0.05, 0.1) is 4.92 Å². The molecule has 2 rings (SSSR count). The molecule has 1 aromatic carbocycles. The third-order valence-corrected chi connectivity index (χ3v) is 4.85. The van der Waals surface area contributed by atoms with Crippen molar-refractivity contribution < 1.29 is 9.72 Å². The molecule has 1 heterocycles. The number of carbonyl (C=O) groups excluding carboxylic acids is 1. The van der Waals surface area contributed by atoms with Gasteiger partial charge in [-0.15, -0.1) is 0 Å². The van der Waals surface area contributed by atoms with Crippen molar-refractivity contribution in [3.63, 3.8) is 0 Å². The van der Waals surface area contributed by atoms with Crippen LogP contribution < -0.4 is 11.3 Å². The van der Waals surface area contributed by atoms with Gasteiger partial charge in [-0.3, -0.25) is 20.8 Å². The number of nitrogens with one attached hydrogen (secondary N) is 1. The second-order valence-electron chi connectivity index (χ2n) is 4.79. The van der Waals surface area contributed by atoms with Crippen LogP contribution in [0.15, 0.2) is 18.2 Å². The van der Waals surface area contributed by atoms with Gasteiger partial charge in [0, 0.05) is 35.7 Å². The van der Waals surface area contributed by atoms with Crippen molar-refractivity contribution in [2.75, 3.05) is 24.3 Å². The van der Waals surface area contributed by atoms with Gasteiger partial charge in [-0.2, -0.15) is 11.8 Å². The molecule has 1 aromatic rings. The number of benzene rings is 1. The first-order valence-corrected chi connectivity index (χ1v) is 7.77. The Balaban J connectivity index is 2.23. The summed E-state index contributed by atoms with van der Waals surface area (Å²) < 4.78 is 0. The van der Waals surface area contributed by atoms with Crippen LogP contribution >= 0.6 is 11.8 Å². The summed E-state index contributed by atoms with van der Waals surface area (Å²) in [4.78, 5) is 24.7. The number of nitrogens with zero attached hydrogens (tertiary/aromatic N) is 2. The smallest absolute Gasteiger partial charge is 0.294 e. The van der Waals surface area contributed by atoms with Crippen LogP contribution in [0, 0.1) is 10.1 Å². The van der Waals surface area contributed by atoms with Crippen LogP contribution in [0.1, 0.15) is 23.7 Å². The average Bonchev–Trinajstić information content (AvgIpc) is 2.53. The number of hydrogen-bond donors (Lipinski definition) is 2. The lowest BCUT2D eigenvalue weighted by Crippen LogP contribution is -2.41. The molecule has 1 aliphatic heterocycles. The molecule has 8 heteroatoms. The monoisotopic (exact) mass is 310 g/mol. The van der Waals surface area contributed by atoms with E-state index in [1.165, 1.54) is 12.1 Å². The van der Waals surface area contributed by atoms with E-state index in [0.717, 1.165) is 12.2 Å². The van der Waals surface area contributed by atoms with Crippen LogP contribution in [-0.4, -0.2) is 39.8 Å². The molecule has 1 atom stereocenters. The quantitative estimate of drug-likeness (QED) is 0.500. The average molecular weight is 310 g/mol. The largest absolute Gasteiger partial charge is 0.337 e. The number of hydrazine groups is 1. The lowest BCUT2D eigenvalue weighted by molar-refractivity contribution is -0.384. The molecule has 1 unspecified atom stereocenters. The second-order valence-corrected chi connectivity index (χ2v) is 6.19. The van der Waals surface area contributed by atoms with Gasteiger partial charge in [0.2, 0.25) is 0 Å². The molecule has 21 heavy (non-hydrogen) atoms. The van der Waals surface area contributed by atoms with Gasteiger partial charge in [0.25, 0.3) is 11.6 Å². The zero-order chi connectivity index (χ0) is 15.4. The van der Waals surface area contributed by atoms with Crippen molar-refractivity contribution in [3.05, 3.63) is 33.9 Å². The van der Waals surface area contributed by atoms with E-state index in [2.05, 4.69) is 12.3 Å². The molecule has 1 aliphatic rings. The summed E-state index contributed by atoms with van der Waals surface area (Å²) >= 11 is 1.87. The van der Waals surface area contributed by atoms with Crippen molar-refractivity contribution in [2.24, 2.45) is 5.84 Å². The second kappa shape index (κ2) is 6.77. The summed E-state index contributed by atoms with van der Waals surface area (Å²) in [6.07, 6.45) is 1.00. The predicted octanol–water partition coefficient (Wildman–Crippen LogP) is 1.85. The molecule has 0 aromatic heterocycles. The van der Waals surface area contributed by atoms with E-state index >= 15 is 0 Å². The van der Waals surface area contributed by atoms with Gasteiger partial charge in [-0.1, -0.05) is 6.92 Å². The highest BCUT2D eigenvalue weighted by Crippen LogP contribution is 2.27. The molecule has 0 bridgehead atoms. The van der Waals surface area contributed by atoms with E-state index in [-0.39, 0.29) is 17.3 Å². The maximum absolute atomic E-state index is 12.5. The summed E-state index contributed by atoms with van der Waals surface area (Å²) in [6.45, 7) is 3.45. The number of anilines is 1. The first-order chi connectivity index (χ1) is 10.1. The summed E-state index contributed by atoms with van der Waals surface area (Å²) in [7, 11) is 0. The number of rotatable bonds is 4. The first-order valence-electron chi connectivity index (χ1n) is 6.72. The van der Waals surface area contributed by atoms with Gasteiger partial charge in [0.15, 0.2) is 0 Å². The van der Waals surface area contributed by atoms with Crippen LogP contribution in [0.3, 0.4) is 0 Å². The Kier molecular flexibility index (Phi) is 5.03. The Labute approximate surface area is 127 Å². The number of thioether (sulfide) groups is 1. The molecular formula is C13H18N4O3S. The Morgan fingerprint density at radius 2 is 2.38 bits per heavy atom. The van der Waals surface area contributed by atoms with E-state index in [1.807, 2.05) is 11.8 Å². The first kappa shape index (κ1) is 15.6. The molecule has 0 saturated carbocycles. The zero-order valence-corrected chi connectivity index (χ0v) is 12.6. The minimum atomic E-state index is -0.549. The normalized spacial score (nSPS) is 18.4. The molecule has 0 radical (unpaired) electrons. The molecule has 3 N–H and O–H groups in total. The van der Waals surface area contributed by atoms with Crippen molar-refractivity contribution in [1.82, 2.24) is 4.90 Å². The van der Waals surface area contributed by atoms with E-state index in [1.54, 1.807) is 11.0 Å². The fraction of sp³-hybridized carbons (Fsp3) is 0.462. The Hall–Kier alpha value is -1.80. The van der Waals surface area contributed by atoms with Crippen LogP contribution in [0.4, 0.5) is 11.4 Å². The highest BCUT2D eigenvalue weighted by molar-refractivity contribution is 8.00. The van der Waals surface area contributed by atoms with Gasteiger partial charge >= 0.3 is 0 Å². The number of hydrogen-bond acceptors (Lipinski definition) is 6. The van der Waals surface area contributed by atoms with Crippen LogP contribution in [0.2, 0.25) is 0 Å². The van der Waals surface area contributed by atoms with Crippen LogP contribution in [0.25, 0.3) is 0 Å². The highest BCUT2D eigenvalue weighted by Gasteiger charge is 2.25. The van der Waals surface area contributed by atoms with Crippen molar-refractivity contribution >= 4 is 29.0 Å². The van der Waals surface area contributed by atoms with Gasteiger partial charge in [-0.25, -0.2) is 0 Å². The van der Waals surface area contributed by atoms with Gasteiger partial charge < -0.3 is 10.3 Å². The maximum atomic E-state index is 12.5. The molecule has 0 aliphatic carbocycles. The highest BCUT2D eigenvalue weighted by atomic mass is 32.2. The van der Waals surface area contributed by atoms with E-state index in [0.29, 0.717) is 23.9 Å². The van der Waals surface area contributed by atoms with Crippen molar-refractivity contribution in [1.29, 1.82) is 0 Å². The Bertz CT molecular complexity index is 552. The predicted molar refractivity (Wildman–Crippen MR) is 83.3 cm³/mol.